The van der Waals surface area contributed by atoms with Gasteiger partial charge in [0, 0.05) is 0 Å². The van der Waals surface area contributed by atoms with Gasteiger partial charge >= 0.3 is 11.9 Å². The SMILES string of the molecule is CCOC(=O)CC(C#N)(CC(C)C)C(=[OH+])OCC. The van der Waals surface area contributed by atoms with Gasteiger partial charge in [-0.05, 0) is 26.2 Å². The largest absolute Gasteiger partial charge is 0.504 e. The molecule has 1 atom stereocenters. The van der Waals surface area contributed by atoms with Crippen LogP contribution in [-0.4, -0.2) is 29.9 Å². The van der Waals surface area contributed by atoms with Crippen molar-refractivity contribution in [2.75, 3.05) is 13.2 Å². The van der Waals surface area contributed by atoms with Crippen LogP contribution in [0.4, 0.5) is 0 Å². The van der Waals surface area contributed by atoms with Crippen molar-refractivity contribution in [3.63, 3.8) is 0 Å². The fourth-order valence-electron chi connectivity index (χ4n) is 1.80. The average Bonchev–Trinajstić information content (AvgIpc) is 2.27. The van der Waals surface area contributed by atoms with Crippen LogP contribution in [-0.2, 0) is 14.3 Å². The minimum atomic E-state index is -1.32. The van der Waals surface area contributed by atoms with Gasteiger partial charge in [0.15, 0.2) is 6.61 Å². The van der Waals surface area contributed by atoms with Gasteiger partial charge in [-0.3, -0.25) is 4.79 Å². The average molecular weight is 256 g/mol. The molecule has 0 aromatic carbocycles. The van der Waals surface area contributed by atoms with E-state index in [1.165, 1.54) is 0 Å². The molecular formula is C13H22NO4+. The molecule has 0 aliphatic carbocycles. The summed E-state index contributed by atoms with van der Waals surface area (Å²) in [6.07, 6.45) is 0.148. The zero-order valence-electron chi connectivity index (χ0n) is 11.5. The van der Waals surface area contributed by atoms with Gasteiger partial charge in [-0.2, -0.15) is 5.26 Å². The molecule has 0 fully saturated rings. The molecule has 0 radical (unpaired) electrons. The number of carbonyl (C=O) groups is 1. The maximum Gasteiger partial charge on any atom is 0.504 e. The molecule has 0 aliphatic heterocycles. The molecular weight excluding hydrogens is 234 g/mol. The van der Waals surface area contributed by atoms with Gasteiger partial charge in [0.05, 0.1) is 19.1 Å². The van der Waals surface area contributed by atoms with Crippen molar-refractivity contribution in [1.29, 1.82) is 5.26 Å². The van der Waals surface area contributed by atoms with Crippen LogP contribution in [0.15, 0.2) is 0 Å². The van der Waals surface area contributed by atoms with Crippen molar-refractivity contribution in [3.8, 4) is 6.07 Å². The molecule has 1 N–H and O–H groups in total. The Labute approximate surface area is 108 Å². The van der Waals surface area contributed by atoms with E-state index in [0.29, 0.717) is 6.42 Å². The Hall–Kier alpha value is -1.57. The minimum absolute atomic E-state index is 0.140. The lowest BCUT2D eigenvalue weighted by Gasteiger charge is -2.20. The Morgan fingerprint density at radius 2 is 1.89 bits per heavy atom. The lowest BCUT2D eigenvalue weighted by atomic mass is 9.78. The van der Waals surface area contributed by atoms with Gasteiger partial charge in [-0.25, -0.2) is 0 Å². The molecule has 0 aromatic rings. The fraction of sp³-hybridized carbons (Fsp3) is 0.769. The maximum atomic E-state index is 11.6. The first-order valence-electron chi connectivity index (χ1n) is 6.17. The number of hydrogen-bond donors (Lipinski definition) is 0. The summed E-state index contributed by atoms with van der Waals surface area (Å²) in [7, 11) is 0. The summed E-state index contributed by atoms with van der Waals surface area (Å²) < 4.78 is 9.86. The molecule has 18 heavy (non-hydrogen) atoms. The fourth-order valence-corrected chi connectivity index (χ4v) is 1.80. The lowest BCUT2D eigenvalue weighted by molar-refractivity contribution is -0.144. The second-order valence-electron chi connectivity index (χ2n) is 4.51. The van der Waals surface area contributed by atoms with E-state index >= 15 is 0 Å². The minimum Gasteiger partial charge on any atom is -0.466 e. The van der Waals surface area contributed by atoms with E-state index in [4.69, 9.17) is 9.47 Å². The van der Waals surface area contributed by atoms with Crippen LogP contribution >= 0.6 is 0 Å². The second kappa shape index (κ2) is 7.70. The van der Waals surface area contributed by atoms with Gasteiger partial charge in [0.25, 0.3) is 0 Å². The molecule has 0 bridgehead atoms. The molecule has 0 spiro atoms. The number of esters is 2. The van der Waals surface area contributed by atoms with E-state index in [9.17, 15) is 14.9 Å². The Morgan fingerprint density at radius 1 is 1.33 bits per heavy atom. The summed E-state index contributed by atoms with van der Waals surface area (Å²) >= 11 is 0. The zero-order chi connectivity index (χ0) is 14.2. The summed E-state index contributed by atoms with van der Waals surface area (Å²) in [4.78, 5) is 21.4. The van der Waals surface area contributed by atoms with Gasteiger partial charge in [0.1, 0.15) is 0 Å². The Balaban J connectivity index is 5.05. The molecule has 0 saturated carbocycles. The molecule has 5 heteroatoms. The summed E-state index contributed by atoms with van der Waals surface area (Å²) in [6, 6.07) is 2.01. The van der Waals surface area contributed by atoms with E-state index in [-0.39, 0.29) is 25.6 Å². The van der Waals surface area contributed by atoms with Crippen LogP contribution in [0.3, 0.4) is 0 Å². The number of carbonyl (C=O) groups excluding carboxylic acids is 2. The number of ether oxygens (including phenoxy) is 2. The third kappa shape index (κ3) is 4.74. The van der Waals surface area contributed by atoms with Crippen LogP contribution < -0.4 is 0 Å². The molecule has 102 valence electrons. The van der Waals surface area contributed by atoms with Crippen molar-refractivity contribution in [3.05, 3.63) is 0 Å². The highest BCUT2D eigenvalue weighted by Crippen LogP contribution is 2.32. The molecule has 0 amide bonds. The summed E-state index contributed by atoms with van der Waals surface area (Å²) in [5, 5.41) is 9.32. The Bertz CT molecular complexity index is 332. The molecule has 5 nitrogen and oxygen atoms in total. The highest BCUT2D eigenvalue weighted by atomic mass is 16.5. The third-order valence-corrected chi connectivity index (χ3v) is 2.41. The summed E-state index contributed by atoms with van der Waals surface area (Å²) in [6.45, 7) is 7.72. The van der Waals surface area contributed by atoms with Crippen LogP contribution in [0.5, 0.6) is 0 Å². The topological polar surface area (TPSA) is 80.7 Å². The first kappa shape index (κ1) is 16.4. The first-order chi connectivity index (χ1) is 8.41. The summed E-state index contributed by atoms with van der Waals surface area (Å²) in [5.41, 5.74) is -1.32. The quantitative estimate of drug-likeness (QED) is 0.515. The first-order valence-corrected chi connectivity index (χ1v) is 6.17. The second-order valence-corrected chi connectivity index (χ2v) is 4.51. The van der Waals surface area contributed by atoms with Crippen LogP contribution in [0.1, 0.15) is 40.5 Å². The van der Waals surface area contributed by atoms with Crippen molar-refractivity contribution in [2.45, 2.75) is 40.5 Å². The maximum absolute atomic E-state index is 11.6. The predicted molar refractivity (Wildman–Crippen MR) is 67.3 cm³/mol. The van der Waals surface area contributed by atoms with E-state index in [1.807, 2.05) is 19.9 Å². The van der Waals surface area contributed by atoms with Crippen LogP contribution in [0.25, 0.3) is 0 Å². The smallest absolute Gasteiger partial charge is 0.466 e. The Morgan fingerprint density at radius 3 is 2.28 bits per heavy atom. The number of hydrogen-bond acceptors (Lipinski definition) is 4. The monoisotopic (exact) mass is 256 g/mol. The van der Waals surface area contributed by atoms with Gasteiger partial charge in [0.2, 0.25) is 5.41 Å². The number of nitriles is 1. The van der Waals surface area contributed by atoms with Crippen molar-refractivity contribution < 1.29 is 19.1 Å². The van der Waals surface area contributed by atoms with Crippen LogP contribution in [0.2, 0.25) is 0 Å². The van der Waals surface area contributed by atoms with E-state index in [2.05, 4.69) is 0 Å². The normalized spacial score (nSPS) is 13.6. The van der Waals surface area contributed by atoms with Crippen molar-refractivity contribution in [1.82, 2.24) is 0 Å². The zero-order valence-corrected chi connectivity index (χ0v) is 11.5. The van der Waals surface area contributed by atoms with Gasteiger partial charge in [-0.1, -0.05) is 13.8 Å². The molecule has 0 aromatic heterocycles. The lowest BCUT2D eigenvalue weighted by Crippen LogP contribution is -2.36. The highest BCUT2D eigenvalue weighted by Gasteiger charge is 2.49. The van der Waals surface area contributed by atoms with E-state index < -0.39 is 17.4 Å². The Kier molecular flexibility index (Phi) is 7.03. The molecule has 0 saturated heterocycles. The van der Waals surface area contributed by atoms with Gasteiger partial charge in [-0.15, -0.1) is 0 Å². The van der Waals surface area contributed by atoms with Crippen molar-refractivity contribution >= 4 is 11.9 Å². The van der Waals surface area contributed by atoms with Gasteiger partial charge < -0.3 is 14.3 Å². The highest BCUT2D eigenvalue weighted by molar-refractivity contribution is 5.86. The van der Waals surface area contributed by atoms with E-state index in [1.54, 1.807) is 13.8 Å². The molecule has 0 rings (SSSR count). The number of nitrogens with zero attached hydrogens (tertiary/aromatic N) is 1. The summed E-state index contributed by atoms with van der Waals surface area (Å²) in [5.74, 6) is -0.762. The predicted octanol–water partition coefficient (Wildman–Crippen LogP) is 2.03. The third-order valence-electron chi connectivity index (χ3n) is 2.41. The molecule has 1 unspecified atom stereocenters. The van der Waals surface area contributed by atoms with E-state index in [0.717, 1.165) is 0 Å². The molecule has 0 aliphatic rings. The molecule has 0 heterocycles. The number of rotatable bonds is 7. The van der Waals surface area contributed by atoms with Crippen LogP contribution in [0, 0.1) is 22.7 Å². The van der Waals surface area contributed by atoms with Crippen molar-refractivity contribution in [2.24, 2.45) is 11.3 Å². The standard InChI is InChI=1S/C13H21NO4/c1-5-17-11(15)8-13(9-14,7-10(3)4)12(16)18-6-2/h10H,5-8H2,1-4H3/p+1.